The fourth-order valence-electron chi connectivity index (χ4n) is 2.16. The van der Waals surface area contributed by atoms with Crippen LogP contribution in [0.15, 0.2) is 22.6 Å². The zero-order valence-corrected chi connectivity index (χ0v) is 12.7. The van der Waals surface area contributed by atoms with Gasteiger partial charge in [-0.3, -0.25) is 4.79 Å². The number of amides is 1. The molecule has 0 spiro atoms. The molecule has 1 unspecified atom stereocenters. The van der Waals surface area contributed by atoms with E-state index in [4.69, 9.17) is 4.42 Å². The highest BCUT2D eigenvalue weighted by Gasteiger charge is 2.13. The van der Waals surface area contributed by atoms with Crippen molar-refractivity contribution in [2.75, 3.05) is 11.9 Å². The molecule has 0 aliphatic carbocycles. The van der Waals surface area contributed by atoms with Crippen molar-refractivity contribution in [1.82, 2.24) is 15.5 Å². The van der Waals surface area contributed by atoms with E-state index in [1.807, 2.05) is 33.8 Å². The predicted molar refractivity (Wildman–Crippen MR) is 80.3 cm³/mol. The van der Waals surface area contributed by atoms with Crippen LogP contribution >= 0.6 is 0 Å². The van der Waals surface area contributed by atoms with Gasteiger partial charge in [0.15, 0.2) is 5.69 Å². The van der Waals surface area contributed by atoms with Gasteiger partial charge in [0.1, 0.15) is 17.3 Å². The molecule has 0 aliphatic rings. The average molecular weight is 288 g/mol. The predicted octanol–water partition coefficient (Wildman–Crippen LogP) is 2.61. The Morgan fingerprint density at radius 3 is 2.62 bits per heavy atom. The highest BCUT2D eigenvalue weighted by atomic mass is 16.3. The second-order valence-corrected chi connectivity index (χ2v) is 4.90. The first-order valence-electron chi connectivity index (χ1n) is 6.96. The Hall–Kier alpha value is -2.37. The Morgan fingerprint density at radius 2 is 2.10 bits per heavy atom. The minimum absolute atomic E-state index is 0.0482. The smallest absolute Gasteiger partial charge is 0.271 e. The molecule has 6 nitrogen and oxygen atoms in total. The van der Waals surface area contributed by atoms with Gasteiger partial charge in [0, 0.05) is 12.1 Å². The SMILES string of the molecule is CCNC(=O)c1ccc(NC(C)c2cc(C)oc2C)nn1. The number of rotatable bonds is 5. The van der Waals surface area contributed by atoms with E-state index in [0.29, 0.717) is 18.1 Å². The van der Waals surface area contributed by atoms with E-state index in [1.54, 1.807) is 12.1 Å². The van der Waals surface area contributed by atoms with Gasteiger partial charge >= 0.3 is 0 Å². The molecule has 0 bridgehead atoms. The van der Waals surface area contributed by atoms with Crippen LogP contribution in [0.3, 0.4) is 0 Å². The minimum Gasteiger partial charge on any atom is -0.466 e. The molecule has 2 heterocycles. The van der Waals surface area contributed by atoms with Gasteiger partial charge in [-0.25, -0.2) is 0 Å². The quantitative estimate of drug-likeness (QED) is 0.884. The third kappa shape index (κ3) is 3.59. The number of nitrogens with zero attached hydrogens (tertiary/aromatic N) is 2. The normalized spacial score (nSPS) is 12.0. The maximum Gasteiger partial charge on any atom is 0.271 e. The molecule has 0 saturated carbocycles. The van der Waals surface area contributed by atoms with Crippen molar-refractivity contribution in [2.24, 2.45) is 0 Å². The Morgan fingerprint density at radius 1 is 1.33 bits per heavy atom. The van der Waals surface area contributed by atoms with Crippen molar-refractivity contribution in [3.05, 3.63) is 41.0 Å². The maximum absolute atomic E-state index is 11.6. The molecule has 21 heavy (non-hydrogen) atoms. The third-order valence-electron chi connectivity index (χ3n) is 3.14. The van der Waals surface area contributed by atoms with Gasteiger partial charge in [-0.1, -0.05) is 0 Å². The Labute approximate surface area is 124 Å². The highest BCUT2D eigenvalue weighted by molar-refractivity contribution is 5.92. The fourth-order valence-corrected chi connectivity index (χ4v) is 2.16. The van der Waals surface area contributed by atoms with Crippen molar-refractivity contribution in [3.63, 3.8) is 0 Å². The first-order valence-corrected chi connectivity index (χ1v) is 6.96. The van der Waals surface area contributed by atoms with E-state index in [2.05, 4.69) is 20.8 Å². The lowest BCUT2D eigenvalue weighted by Crippen LogP contribution is -2.24. The topological polar surface area (TPSA) is 80.0 Å². The molecule has 0 fully saturated rings. The summed E-state index contributed by atoms with van der Waals surface area (Å²) in [5.41, 5.74) is 1.40. The summed E-state index contributed by atoms with van der Waals surface area (Å²) in [5.74, 6) is 2.17. The van der Waals surface area contributed by atoms with Crippen molar-refractivity contribution >= 4 is 11.7 Å². The lowest BCUT2D eigenvalue weighted by molar-refractivity contribution is 0.0950. The molecule has 6 heteroatoms. The van der Waals surface area contributed by atoms with E-state index in [9.17, 15) is 4.79 Å². The van der Waals surface area contributed by atoms with Crippen LogP contribution in [0.1, 0.15) is 47.5 Å². The summed E-state index contributed by atoms with van der Waals surface area (Å²) in [5, 5.41) is 13.9. The van der Waals surface area contributed by atoms with E-state index in [-0.39, 0.29) is 11.9 Å². The first-order chi connectivity index (χ1) is 10.0. The van der Waals surface area contributed by atoms with Gasteiger partial charge in [-0.05, 0) is 45.9 Å². The minimum atomic E-state index is -0.217. The second kappa shape index (κ2) is 6.39. The number of aromatic nitrogens is 2. The highest BCUT2D eigenvalue weighted by Crippen LogP contribution is 2.23. The summed E-state index contributed by atoms with van der Waals surface area (Å²) in [6.07, 6.45) is 0. The molecule has 0 aliphatic heterocycles. The van der Waals surface area contributed by atoms with Crippen LogP contribution in [-0.2, 0) is 0 Å². The van der Waals surface area contributed by atoms with Gasteiger partial charge in [0.2, 0.25) is 0 Å². The van der Waals surface area contributed by atoms with Crippen LogP contribution in [0.5, 0.6) is 0 Å². The zero-order chi connectivity index (χ0) is 15.4. The van der Waals surface area contributed by atoms with Gasteiger partial charge in [0.25, 0.3) is 5.91 Å². The molecule has 0 radical (unpaired) electrons. The number of nitrogens with one attached hydrogen (secondary N) is 2. The van der Waals surface area contributed by atoms with E-state index >= 15 is 0 Å². The Bertz CT molecular complexity index is 619. The summed E-state index contributed by atoms with van der Waals surface area (Å²) >= 11 is 0. The summed E-state index contributed by atoms with van der Waals surface area (Å²) in [7, 11) is 0. The Kier molecular flexibility index (Phi) is 4.57. The fraction of sp³-hybridized carbons (Fsp3) is 0.400. The number of hydrogen-bond donors (Lipinski definition) is 2. The summed E-state index contributed by atoms with van der Waals surface area (Å²) < 4.78 is 5.52. The molecular formula is C15H20N4O2. The van der Waals surface area contributed by atoms with Gasteiger partial charge in [-0.15, -0.1) is 10.2 Å². The molecule has 0 saturated heterocycles. The lowest BCUT2D eigenvalue weighted by atomic mass is 10.1. The summed E-state index contributed by atoms with van der Waals surface area (Å²) in [6, 6.07) is 5.45. The zero-order valence-electron chi connectivity index (χ0n) is 12.7. The van der Waals surface area contributed by atoms with Crippen LogP contribution in [0.4, 0.5) is 5.82 Å². The molecule has 2 N–H and O–H groups in total. The van der Waals surface area contributed by atoms with E-state index in [1.165, 1.54) is 0 Å². The van der Waals surface area contributed by atoms with E-state index < -0.39 is 0 Å². The van der Waals surface area contributed by atoms with Crippen molar-refractivity contribution in [1.29, 1.82) is 0 Å². The number of aryl methyl sites for hydroxylation is 2. The monoisotopic (exact) mass is 288 g/mol. The molecule has 0 aromatic carbocycles. The standard InChI is InChI=1S/C15H20N4O2/c1-5-16-15(20)13-6-7-14(19-18-13)17-10(3)12-8-9(2)21-11(12)4/h6-8,10H,5H2,1-4H3,(H,16,20)(H,17,19). The van der Waals surface area contributed by atoms with Gasteiger partial charge in [0.05, 0.1) is 6.04 Å². The van der Waals surface area contributed by atoms with Gasteiger partial charge < -0.3 is 15.1 Å². The number of carbonyl (C=O) groups excluding carboxylic acids is 1. The second-order valence-electron chi connectivity index (χ2n) is 4.90. The number of furan rings is 1. The molecule has 112 valence electrons. The van der Waals surface area contributed by atoms with Crippen LogP contribution in [0.25, 0.3) is 0 Å². The first kappa shape index (κ1) is 15.0. The van der Waals surface area contributed by atoms with Gasteiger partial charge in [-0.2, -0.15) is 0 Å². The van der Waals surface area contributed by atoms with Crippen LogP contribution in [0, 0.1) is 13.8 Å². The average Bonchev–Trinajstić information content (AvgIpc) is 2.79. The Balaban J connectivity index is 2.06. The summed E-state index contributed by atoms with van der Waals surface area (Å²) in [6.45, 7) is 8.31. The molecule has 2 aromatic rings. The largest absolute Gasteiger partial charge is 0.466 e. The van der Waals surface area contributed by atoms with Crippen LogP contribution in [0.2, 0.25) is 0 Å². The molecular weight excluding hydrogens is 268 g/mol. The number of anilines is 1. The van der Waals surface area contributed by atoms with Crippen LogP contribution in [-0.4, -0.2) is 22.6 Å². The maximum atomic E-state index is 11.6. The van der Waals surface area contributed by atoms with Crippen molar-refractivity contribution < 1.29 is 9.21 Å². The number of hydrogen-bond acceptors (Lipinski definition) is 5. The van der Waals surface area contributed by atoms with Crippen molar-refractivity contribution in [2.45, 2.75) is 33.7 Å². The summed E-state index contributed by atoms with van der Waals surface area (Å²) in [4.78, 5) is 11.6. The third-order valence-corrected chi connectivity index (χ3v) is 3.14. The molecule has 2 rings (SSSR count). The molecule has 2 aromatic heterocycles. The lowest BCUT2D eigenvalue weighted by Gasteiger charge is -2.13. The van der Waals surface area contributed by atoms with Crippen LogP contribution < -0.4 is 10.6 Å². The van der Waals surface area contributed by atoms with Crippen molar-refractivity contribution in [3.8, 4) is 0 Å². The molecule has 1 atom stereocenters. The molecule has 1 amide bonds. The van der Waals surface area contributed by atoms with E-state index in [0.717, 1.165) is 17.1 Å². The number of carbonyl (C=O) groups is 1.